The van der Waals surface area contributed by atoms with Gasteiger partial charge in [-0.05, 0) is 26.5 Å². The van der Waals surface area contributed by atoms with E-state index in [0.29, 0.717) is 6.54 Å². The number of nitrogens with zero attached hydrogens (tertiary/aromatic N) is 2. The van der Waals surface area contributed by atoms with Crippen LogP contribution in [0.4, 0.5) is 0 Å². The van der Waals surface area contributed by atoms with Crippen molar-refractivity contribution < 1.29 is 4.74 Å². The maximum Gasteiger partial charge on any atom is 0.124 e. The molecule has 1 aliphatic heterocycles. The lowest BCUT2D eigenvalue weighted by Gasteiger charge is -2.39. The quantitative estimate of drug-likeness (QED) is 0.871. The Morgan fingerprint density at radius 1 is 1.14 bits per heavy atom. The molecule has 4 nitrogen and oxygen atoms in total. The Morgan fingerprint density at radius 2 is 1.81 bits per heavy atom. The largest absolute Gasteiger partial charge is 0.491 e. The number of rotatable bonds is 6. The van der Waals surface area contributed by atoms with Crippen LogP contribution in [0.25, 0.3) is 0 Å². The summed E-state index contributed by atoms with van der Waals surface area (Å²) in [6.45, 7) is 12.5. The molecule has 1 heterocycles. The van der Waals surface area contributed by atoms with Gasteiger partial charge in [-0.3, -0.25) is 4.90 Å². The normalized spacial score (nSPS) is 18.9. The molecule has 0 radical (unpaired) electrons. The Kier molecular flexibility index (Phi) is 6.03. The van der Waals surface area contributed by atoms with Crippen molar-refractivity contribution in [2.75, 3.05) is 39.3 Å². The van der Waals surface area contributed by atoms with Gasteiger partial charge in [0.2, 0.25) is 0 Å². The predicted octanol–water partition coefficient (Wildman–Crippen LogP) is 2.11. The van der Waals surface area contributed by atoms with E-state index in [9.17, 15) is 0 Å². The highest BCUT2D eigenvalue weighted by molar-refractivity contribution is 5.36. The van der Waals surface area contributed by atoms with Gasteiger partial charge in [-0.2, -0.15) is 0 Å². The molecule has 0 amide bonds. The molecule has 1 aromatic rings. The Bertz CT molecular complexity index is 428. The zero-order valence-electron chi connectivity index (χ0n) is 13.6. The highest BCUT2D eigenvalue weighted by Crippen LogP contribution is 2.30. The number of piperazine rings is 1. The number of ether oxygens (including phenoxy) is 1. The van der Waals surface area contributed by atoms with Gasteiger partial charge in [0.1, 0.15) is 5.75 Å². The van der Waals surface area contributed by atoms with Crippen molar-refractivity contribution in [3.8, 4) is 5.75 Å². The Labute approximate surface area is 128 Å². The van der Waals surface area contributed by atoms with Crippen molar-refractivity contribution in [2.45, 2.75) is 32.9 Å². The van der Waals surface area contributed by atoms with Crippen LogP contribution in [0.3, 0.4) is 0 Å². The van der Waals surface area contributed by atoms with E-state index >= 15 is 0 Å². The predicted molar refractivity (Wildman–Crippen MR) is 87.7 cm³/mol. The Hall–Kier alpha value is -1.10. The van der Waals surface area contributed by atoms with Gasteiger partial charge in [-0.25, -0.2) is 0 Å². The van der Waals surface area contributed by atoms with E-state index in [1.807, 2.05) is 6.07 Å². The molecule has 0 saturated carbocycles. The molecule has 118 valence electrons. The number of hydrogen-bond acceptors (Lipinski definition) is 4. The second-order valence-corrected chi connectivity index (χ2v) is 5.93. The van der Waals surface area contributed by atoms with Crippen LogP contribution >= 0.6 is 0 Å². The summed E-state index contributed by atoms with van der Waals surface area (Å²) in [5, 5.41) is 0. The average molecular weight is 291 g/mol. The summed E-state index contributed by atoms with van der Waals surface area (Å²) in [7, 11) is 0. The van der Waals surface area contributed by atoms with Gasteiger partial charge in [-0.15, -0.1) is 0 Å². The van der Waals surface area contributed by atoms with E-state index < -0.39 is 0 Å². The van der Waals surface area contributed by atoms with E-state index in [2.05, 4.69) is 48.8 Å². The summed E-state index contributed by atoms with van der Waals surface area (Å²) in [5.74, 6) is 0.973. The first-order chi connectivity index (χ1) is 10.2. The first-order valence-corrected chi connectivity index (χ1v) is 8.07. The van der Waals surface area contributed by atoms with Gasteiger partial charge in [-0.1, -0.05) is 25.1 Å². The molecule has 0 aliphatic carbocycles. The maximum atomic E-state index is 6.09. The highest BCUT2D eigenvalue weighted by atomic mass is 16.5. The highest BCUT2D eigenvalue weighted by Gasteiger charge is 2.25. The Morgan fingerprint density at radius 3 is 2.38 bits per heavy atom. The van der Waals surface area contributed by atoms with Gasteiger partial charge >= 0.3 is 0 Å². The lowest BCUT2D eigenvalue weighted by molar-refractivity contribution is 0.0996. The van der Waals surface area contributed by atoms with Crippen LogP contribution in [0.5, 0.6) is 5.75 Å². The van der Waals surface area contributed by atoms with E-state index in [0.717, 1.165) is 38.5 Å². The van der Waals surface area contributed by atoms with Crippen LogP contribution in [0.2, 0.25) is 0 Å². The Balaban J connectivity index is 2.14. The fraction of sp³-hybridized carbons (Fsp3) is 0.647. The first-order valence-electron chi connectivity index (χ1n) is 8.07. The molecular weight excluding hydrogens is 262 g/mol. The van der Waals surface area contributed by atoms with Crippen molar-refractivity contribution >= 4 is 0 Å². The summed E-state index contributed by atoms with van der Waals surface area (Å²) < 4.78 is 5.97. The third-order valence-corrected chi connectivity index (χ3v) is 4.16. The van der Waals surface area contributed by atoms with Gasteiger partial charge in [0.15, 0.2) is 0 Å². The van der Waals surface area contributed by atoms with Crippen LogP contribution in [0.15, 0.2) is 24.3 Å². The zero-order chi connectivity index (χ0) is 15.2. The van der Waals surface area contributed by atoms with E-state index in [1.165, 1.54) is 5.56 Å². The fourth-order valence-corrected chi connectivity index (χ4v) is 2.98. The summed E-state index contributed by atoms with van der Waals surface area (Å²) in [6.07, 6.45) is 0.182. The zero-order valence-corrected chi connectivity index (χ0v) is 13.6. The molecule has 2 rings (SSSR count). The molecule has 0 spiro atoms. The molecule has 2 N–H and O–H groups in total. The second kappa shape index (κ2) is 7.78. The number of nitrogens with two attached hydrogens (primary N) is 1. The number of para-hydroxylation sites is 1. The standard InChI is InChI=1S/C17H29N3O/c1-4-19-9-11-20(12-10-19)16(13-18)15-7-5-6-8-17(15)21-14(2)3/h5-8,14,16H,4,9-13,18H2,1-3H3. The van der Waals surface area contributed by atoms with Crippen LogP contribution in [-0.2, 0) is 0 Å². The van der Waals surface area contributed by atoms with Gasteiger partial charge in [0, 0.05) is 38.3 Å². The van der Waals surface area contributed by atoms with Crippen molar-refractivity contribution in [3.63, 3.8) is 0 Å². The second-order valence-electron chi connectivity index (χ2n) is 5.93. The van der Waals surface area contributed by atoms with E-state index in [-0.39, 0.29) is 12.1 Å². The van der Waals surface area contributed by atoms with Crippen LogP contribution in [-0.4, -0.2) is 55.2 Å². The fourth-order valence-electron chi connectivity index (χ4n) is 2.98. The van der Waals surface area contributed by atoms with E-state index in [1.54, 1.807) is 0 Å². The van der Waals surface area contributed by atoms with Gasteiger partial charge < -0.3 is 15.4 Å². The van der Waals surface area contributed by atoms with Gasteiger partial charge in [0.25, 0.3) is 0 Å². The molecule has 4 heteroatoms. The van der Waals surface area contributed by atoms with E-state index in [4.69, 9.17) is 10.5 Å². The number of likely N-dealkylation sites (N-methyl/N-ethyl adjacent to an activating group) is 1. The van der Waals surface area contributed by atoms with Crippen molar-refractivity contribution in [1.29, 1.82) is 0 Å². The van der Waals surface area contributed by atoms with Crippen molar-refractivity contribution in [1.82, 2.24) is 9.80 Å². The topological polar surface area (TPSA) is 41.7 Å². The molecule has 1 saturated heterocycles. The minimum Gasteiger partial charge on any atom is -0.491 e. The number of hydrogen-bond donors (Lipinski definition) is 1. The smallest absolute Gasteiger partial charge is 0.124 e. The van der Waals surface area contributed by atoms with Crippen molar-refractivity contribution in [3.05, 3.63) is 29.8 Å². The first kappa shape index (κ1) is 16.3. The van der Waals surface area contributed by atoms with Crippen LogP contribution in [0.1, 0.15) is 32.4 Å². The minimum absolute atomic E-state index is 0.182. The number of benzene rings is 1. The molecule has 1 aromatic carbocycles. The average Bonchev–Trinajstić information content (AvgIpc) is 2.50. The SMILES string of the molecule is CCN1CCN(C(CN)c2ccccc2OC(C)C)CC1. The lowest BCUT2D eigenvalue weighted by atomic mass is 10.0. The minimum atomic E-state index is 0.182. The maximum absolute atomic E-state index is 6.09. The monoisotopic (exact) mass is 291 g/mol. The molecule has 0 bridgehead atoms. The molecule has 1 fully saturated rings. The lowest BCUT2D eigenvalue weighted by Crippen LogP contribution is -2.48. The molecule has 1 atom stereocenters. The van der Waals surface area contributed by atoms with Crippen LogP contribution < -0.4 is 10.5 Å². The molecule has 0 aromatic heterocycles. The summed E-state index contributed by atoms with van der Waals surface area (Å²) in [5.41, 5.74) is 7.31. The summed E-state index contributed by atoms with van der Waals surface area (Å²) in [6, 6.07) is 8.57. The summed E-state index contributed by atoms with van der Waals surface area (Å²) in [4.78, 5) is 4.98. The van der Waals surface area contributed by atoms with Crippen molar-refractivity contribution in [2.24, 2.45) is 5.73 Å². The third-order valence-electron chi connectivity index (χ3n) is 4.16. The molecule has 1 aliphatic rings. The van der Waals surface area contributed by atoms with Crippen LogP contribution in [0, 0.1) is 0 Å². The summed E-state index contributed by atoms with van der Waals surface area (Å²) >= 11 is 0. The molecule has 21 heavy (non-hydrogen) atoms. The third kappa shape index (κ3) is 4.19. The molecule has 1 unspecified atom stereocenters. The van der Waals surface area contributed by atoms with Gasteiger partial charge in [0.05, 0.1) is 12.1 Å². The molecular formula is C17H29N3O.